The number of hydrogen-bond donors (Lipinski definition) is 2. The van der Waals surface area contributed by atoms with Gasteiger partial charge in [-0.25, -0.2) is 14.5 Å². The Morgan fingerprint density at radius 1 is 0.980 bits per heavy atom. The van der Waals surface area contributed by atoms with Gasteiger partial charge in [0.2, 0.25) is 5.91 Å². The van der Waals surface area contributed by atoms with Crippen molar-refractivity contribution >= 4 is 29.2 Å². The molecule has 1 aromatic carbocycles. The minimum atomic E-state index is -5.08. The van der Waals surface area contributed by atoms with Gasteiger partial charge in [0.15, 0.2) is 5.69 Å². The second kappa shape index (κ2) is 14.7. The Bertz CT molecular complexity index is 2140. The number of benzene rings is 1. The van der Waals surface area contributed by atoms with E-state index in [1.807, 2.05) is 19.1 Å². The van der Waals surface area contributed by atoms with Gasteiger partial charge in [0.05, 0.1) is 47.5 Å². The standard InChI is InChI=1S/C30H24ClF3N8O2.C2HF3O2/c1-17-3-2-4-26(23-11-18(7-10-36-23)20-8-9-35-14-24(20)38-29(17)44)41-16-37-22(13-28(41)43)21-12-19(31)5-6-25(21)42-15-27(39-40-42)30(32,33)34;3-2(4,5)1(6)7/h5-17,26H,2-4H2,1H3,(H,38,44);(H,6,7)/t17?,26-;/m0./s1. The molecule has 19 heteroatoms. The Labute approximate surface area is 288 Å². The van der Waals surface area contributed by atoms with E-state index >= 15 is 0 Å². The van der Waals surface area contributed by atoms with Crippen molar-refractivity contribution in [2.45, 2.75) is 44.6 Å². The molecule has 0 saturated carbocycles. The lowest BCUT2D eigenvalue weighted by molar-refractivity contribution is -0.192. The molecular weight excluding hydrogens is 710 g/mol. The molecule has 1 aliphatic heterocycles. The topological polar surface area (TPSA) is 158 Å². The van der Waals surface area contributed by atoms with Crippen LogP contribution in [0.1, 0.15) is 43.6 Å². The first-order chi connectivity index (χ1) is 24.0. The minimum Gasteiger partial charge on any atom is -0.475 e. The van der Waals surface area contributed by atoms with Gasteiger partial charge in [0.1, 0.15) is 0 Å². The van der Waals surface area contributed by atoms with E-state index in [0.29, 0.717) is 41.2 Å². The van der Waals surface area contributed by atoms with Crippen molar-refractivity contribution in [2.75, 3.05) is 5.32 Å². The third-order valence-corrected chi connectivity index (χ3v) is 7.99. The maximum atomic E-state index is 13.7. The van der Waals surface area contributed by atoms with Crippen LogP contribution >= 0.6 is 11.6 Å². The molecular formula is C32H25ClF6N8O4. The minimum absolute atomic E-state index is 0.124. The molecule has 1 amide bonds. The average molecular weight is 735 g/mol. The highest BCUT2D eigenvalue weighted by atomic mass is 35.5. The first-order valence-corrected chi connectivity index (χ1v) is 15.3. The molecule has 5 heterocycles. The molecule has 4 aromatic heterocycles. The summed E-state index contributed by atoms with van der Waals surface area (Å²) < 4.78 is 73.8. The van der Waals surface area contributed by atoms with E-state index in [1.54, 1.807) is 24.7 Å². The average Bonchev–Trinajstić information content (AvgIpc) is 3.58. The Balaban J connectivity index is 0.000000654. The highest BCUT2D eigenvalue weighted by molar-refractivity contribution is 6.31. The number of pyridine rings is 2. The van der Waals surface area contributed by atoms with Crippen LogP contribution < -0.4 is 10.9 Å². The fourth-order valence-electron chi connectivity index (χ4n) is 5.19. The predicted octanol–water partition coefficient (Wildman–Crippen LogP) is 6.60. The summed E-state index contributed by atoms with van der Waals surface area (Å²) in [5.41, 5.74) is 1.89. The van der Waals surface area contributed by atoms with Crippen LogP contribution in [0.5, 0.6) is 0 Å². The summed E-state index contributed by atoms with van der Waals surface area (Å²) in [6.45, 7) is 1.85. The highest BCUT2D eigenvalue weighted by Gasteiger charge is 2.38. The van der Waals surface area contributed by atoms with Crippen LogP contribution in [0, 0.1) is 5.92 Å². The second-order valence-corrected chi connectivity index (χ2v) is 11.7. The molecule has 2 N–H and O–H groups in total. The van der Waals surface area contributed by atoms with Crippen LogP contribution in [-0.2, 0) is 15.8 Å². The van der Waals surface area contributed by atoms with Crippen molar-refractivity contribution in [1.82, 2.24) is 34.5 Å². The van der Waals surface area contributed by atoms with E-state index in [4.69, 9.17) is 21.5 Å². The van der Waals surface area contributed by atoms with Crippen LogP contribution in [0.25, 0.3) is 28.1 Å². The molecule has 2 atom stereocenters. The molecule has 0 aliphatic carbocycles. The number of nitrogens with zero attached hydrogens (tertiary/aromatic N) is 7. The highest BCUT2D eigenvalue weighted by Crippen LogP contribution is 2.34. The zero-order valence-corrected chi connectivity index (χ0v) is 26.9. The lowest BCUT2D eigenvalue weighted by atomic mass is 9.96. The number of carbonyl (C=O) groups is 2. The molecule has 266 valence electrons. The van der Waals surface area contributed by atoms with Gasteiger partial charge in [0.25, 0.3) is 5.56 Å². The number of carbonyl (C=O) groups excluding carboxylic acids is 1. The quantitative estimate of drug-likeness (QED) is 0.195. The zero-order chi connectivity index (χ0) is 37.1. The number of aliphatic carboxylic acids is 1. The van der Waals surface area contributed by atoms with Crippen molar-refractivity contribution in [1.29, 1.82) is 0 Å². The fraction of sp³-hybridized carbons (Fsp3) is 0.250. The van der Waals surface area contributed by atoms with Crippen LogP contribution in [0.2, 0.25) is 5.02 Å². The number of halogens is 7. The Morgan fingerprint density at radius 2 is 1.73 bits per heavy atom. The SMILES string of the molecule is CC1CCC[C@H](n2cnc(-c3cc(Cl)ccc3-n3cc(C(F)(F)F)nn3)cc2=O)c2cc(ccn2)-c2ccncc2NC1=O.O=C(O)C(F)(F)F. The molecule has 5 aromatic rings. The van der Waals surface area contributed by atoms with Crippen molar-refractivity contribution in [3.63, 3.8) is 0 Å². The number of rotatable bonds is 3. The van der Waals surface area contributed by atoms with Gasteiger partial charge in [-0.2, -0.15) is 26.3 Å². The van der Waals surface area contributed by atoms with Crippen molar-refractivity contribution < 1.29 is 41.0 Å². The molecule has 51 heavy (non-hydrogen) atoms. The van der Waals surface area contributed by atoms with Crippen molar-refractivity contribution in [3.8, 4) is 28.1 Å². The van der Waals surface area contributed by atoms with Gasteiger partial charge >= 0.3 is 18.3 Å². The van der Waals surface area contributed by atoms with Crippen molar-refractivity contribution in [2.24, 2.45) is 5.92 Å². The lowest BCUT2D eigenvalue weighted by Gasteiger charge is -2.22. The molecule has 0 fully saturated rings. The smallest absolute Gasteiger partial charge is 0.475 e. The number of carboxylic acid groups (broad SMARTS) is 1. The number of hydrogen-bond acceptors (Lipinski definition) is 8. The van der Waals surface area contributed by atoms with Gasteiger partial charge in [-0.3, -0.25) is 24.1 Å². The number of fused-ring (bicyclic) bond motifs is 4. The maximum Gasteiger partial charge on any atom is 0.490 e. The third kappa shape index (κ3) is 8.57. The van der Waals surface area contributed by atoms with E-state index in [9.17, 15) is 35.9 Å². The summed E-state index contributed by atoms with van der Waals surface area (Å²) in [5, 5.41) is 17.2. The number of nitrogens with one attached hydrogen (secondary N) is 1. The largest absolute Gasteiger partial charge is 0.490 e. The van der Waals surface area contributed by atoms with E-state index in [2.05, 4.69) is 30.6 Å². The zero-order valence-electron chi connectivity index (χ0n) is 26.2. The number of anilines is 1. The summed E-state index contributed by atoms with van der Waals surface area (Å²) >= 11 is 6.23. The second-order valence-electron chi connectivity index (χ2n) is 11.3. The Kier molecular flexibility index (Phi) is 10.5. The van der Waals surface area contributed by atoms with E-state index in [0.717, 1.165) is 22.0 Å². The first-order valence-electron chi connectivity index (χ1n) is 14.9. The lowest BCUT2D eigenvalue weighted by Crippen LogP contribution is -2.27. The fourth-order valence-corrected chi connectivity index (χ4v) is 5.37. The third-order valence-electron chi connectivity index (χ3n) is 7.75. The molecule has 1 aliphatic rings. The molecule has 1 unspecified atom stereocenters. The molecule has 2 bridgehead atoms. The van der Waals surface area contributed by atoms with Crippen LogP contribution in [0.3, 0.4) is 0 Å². The summed E-state index contributed by atoms with van der Waals surface area (Å²) in [5.74, 6) is -3.17. The summed E-state index contributed by atoms with van der Waals surface area (Å²) in [7, 11) is 0. The van der Waals surface area contributed by atoms with Gasteiger partial charge in [-0.15, -0.1) is 5.10 Å². The predicted molar refractivity (Wildman–Crippen MR) is 170 cm³/mol. The van der Waals surface area contributed by atoms with Crippen molar-refractivity contribution in [3.05, 3.63) is 100 Å². The summed E-state index contributed by atoms with van der Waals surface area (Å²) in [4.78, 5) is 48.8. The van der Waals surface area contributed by atoms with Gasteiger partial charge in [0, 0.05) is 40.5 Å². The number of carboxylic acids is 1. The monoisotopic (exact) mass is 734 g/mol. The van der Waals surface area contributed by atoms with Gasteiger partial charge in [-0.1, -0.05) is 30.2 Å². The van der Waals surface area contributed by atoms with E-state index in [-0.39, 0.29) is 23.2 Å². The number of amides is 1. The van der Waals surface area contributed by atoms with Crippen LogP contribution in [-0.4, -0.2) is 57.7 Å². The van der Waals surface area contributed by atoms with Crippen LogP contribution in [0.15, 0.2) is 78.4 Å². The van der Waals surface area contributed by atoms with Gasteiger partial charge in [-0.05, 0) is 54.8 Å². The van der Waals surface area contributed by atoms with Gasteiger partial charge < -0.3 is 10.4 Å². The molecule has 6 rings (SSSR count). The molecule has 0 saturated heterocycles. The van der Waals surface area contributed by atoms with Crippen LogP contribution in [0.4, 0.5) is 32.0 Å². The Morgan fingerprint density at radius 3 is 2.39 bits per heavy atom. The van der Waals surface area contributed by atoms with E-state index < -0.39 is 35.6 Å². The number of alkyl halides is 6. The maximum absolute atomic E-state index is 13.7. The Hall–Kier alpha value is -5.65. The summed E-state index contributed by atoms with van der Waals surface area (Å²) in [6.07, 6.45) is -1.04. The molecule has 0 spiro atoms. The number of aromatic nitrogens is 7. The van der Waals surface area contributed by atoms with E-state index in [1.165, 1.54) is 35.2 Å². The summed E-state index contributed by atoms with van der Waals surface area (Å²) in [6, 6.07) is 10.8. The first kappa shape index (κ1) is 36.6. The normalized spacial score (nSPS) is 16.4. The molecule has 0 radical (unpaired) electrons. The molecule has 12 nitrogen and oxygen atoms in total.